The van der Waals surface area contributed by atoms with Gasteiger partial charge in [0, 0.05) is 38.3 Å². The van der Waals surface area contributed by atoms with Crippen LogP contribution in [0.1, 0.15) is 12.5 Å². The van der Waals surface area contributed by atoms with Crippen molar-refractivity contribution in [2.45, 2.75) is 18.2 Å². The summed E-state index contributed by atoms with van der Waals surface area (Å²) >= 11 is 0. The van der Waals surface area contributed by atoms with Crippen molar-refractivity contribution in [1.29, 1.82) is 0 Å². The van der Waals surface area contributed by atoms with E-state index in [4.69, 9.17) is 0 Å². The Bertz CT molecular complexity index is 615. The molecule has 1 heterocycles. The zero-order valence-electron chi connectivity index (χ0n) is 11.6. The first-order chi connectivity index (χ1) is 9.46. The van der Waals surface area contributed by atoms with Crippen LogP contribution in [-0.2, 0) is 16.4 Å². The average molecular weight is 336 g/mol. The number of hydrogen-bond acceptors (Lipinski definition) is 5. The summed E-state index contributed by atoms with van der Waals surface area (Å²) in [6, 6.07) is 4.03. The average Bonchev–Trinajstić information content (AvgIpc) is 2.47. The van der Waals surface area contributed by atoms with E-state index < -0.39 is 14.9 Å². The molecule has 9 heteroatoms. The fourth-order valence-electron chi connectivity index (χ4n) is 2.21. The number of hydrogen-bond donors (Lipinski definition) is 1. The van der Waals surface area contributed by atoms with Crippen LogP contribution in [0.2, 0.25) is 0 Å². The molecule has 1 aliphatic rings. The third-order valence-electron chi connectivity index (χ3n) is 3.34. The molecule has 0 bridgehead atoms. The van der Waals surface area contributed by atoms with Crippen LogP contribution in [0.4, 0.5) is 5.69 Å². The van der Waals surface area contributed by atoms with E-state index in [0.717, 1.165) is 6.07 Å². The van der Waals surface area contributed by atoms with Crippen molar-refractivity contribution >= 4 is 28.1 Å². The van der Waals surface area contributed by atoms with Crippen molar-refractivity contribution < 1.29 is 13.3 Å². The highest BCUT2D eigenvalue weighted by molar-refractivity contribution is 7.89. The minimum Gasteiger partial charge on any atom is -0.314 e. The Balaban J connectivity index is 0.00000220. The molecule has 0 amide bonds. The van der Waals surface area contributed by atoms with Crippen molar-refractivity contribution in [3.8, 4) is 0 Å². The van der Waals surface area contributed by atoms with E-state index in [1.807, 2.05) is 6.92 Å². The molecule has 0 aromatic heterocycles. The quantitative estimate of drug-likeness (QED) is 0.658. The zero-order chi connectivity index (χ0) is 14.8. The molecule has 0 aliphatic carbocycles. The molecule has 0 atom stereocenters. The van der Waals surface area contributed by atoms with Crippen LogP contribution in [0.15, 0.2) is 23.1 Å². The number of nitro benzene ring substituents is 1. The van der Waals surface area contributed by atoms with Gasteiger partial charge in [-0.05, 0) is 12.0 Å². The molecule has 0 radical (unpaired) electrons. The van der Waals surface area contributed by atoms with Gasteiger partial charge in [0.2, 0.25) is 10.0 Å². The van der Waals surface area contributed by atoms with Crippen LogP contribution < -0.4 is 5.32 Å². The van der Waals surface area contributed by atoms with Gasteiger partial charge in [-0.15, -0.1) is 12.4 Å². The van der Waals surface area contributed by atoms with E-state index in [9.17, 15) is 18.5 Å². The normalized spacial score (nSPS) is 16.2. The van der Waals surface area contributed by atoms with E-state index in [0.29, 0.717) is 38.2 Å². The summed E-state index contributed by atoms with van der Waals surface area (Å²) in [6.07, 6.45) is 0.513. The minimum absolute atomic E-state index is 0. The Morgan fingerprint density at radius 2 is 1.95 bits per heavy atom. The van der Waals surface area contributed by atoms with Gasteiger partial charge in [0.1, 0.15) is 0 Å². The van der Waals surface area contributed by atoms with Gasteiger partial charge in [-0.2, -0.15) is 4.31 Å². The van der Waals surface area contributed by atoms with Gasteiger partial charge in [0.25, 0.3) is 5.69 Å². The van der Waals surface area contributed by atoms with E-state index in [2.05, 4.69) is 5.32 Å². The molecular formula is C12H18ClN3O4S. The second-order valence-corrected chi connectivity index (χ2v) is 6.46. The first kappa shape index (κ1) is 17.8. The maximum absolute atomic E-state index is 12.6. The number of benzene rings is 1. The fourth-order valence-corrected chi connectivity index (χ4v) is 3.97. The van der Waals surface area contributed by atoms with Gasteiger partial charge in [0.05, 0.1) is 9.82 Å². The van der Waals surface area contributed by atoms with Crippen molar-refractivity contribution in [1.82, 2.24) is 9.62 Å². The fraction of sp³-hybridized carbons (Fsp3) is 0.500. The molecule has 0 unspecified atom stereocenters. The highest BCUT2D eigenvalue weighted by Crippen LogP contribution is 2.25. The molecule has 1 N–H and O–H groups in total. The van der Waals surface area contributed by atoms with Crippen molar-refractivity contribution in [2.24, 2.45) is 0 Å². The summed E-state index contributed by atoms with van der Waals surface area (Å²) in [5.41, 5.74) is 0.407. The highest BCUT2D eigenvalue weighted by atomic mass is 35.5. The Hall–Kier alpha value is -1.22. The largest absolute Gasteiger partial charge is 0.314 e. The lowest BCUT2D eigenvalue weighted by molar-refractivity contribution is -0.385. The number of non-ortho nitro benzene ring substituents is 1. The third-order valence-corrected chi connectivity index (χ3v) is 5.32. The standard InChI is InChI=1S/C12H17N3O4S.ClH/c1-2-10-3-4-11(15(16)17)9-12(10)20(18,19)14-7-5-13-6-8-14;/h3-4,9,13H,2,5-8H2,1H3;1H. The molecule has 2 rings (SSSR count). The molecule has 1 fully saturated rings. The van der Waals surface area contributed by atoms with Crippen LogP contribution in [0.5, 0.6) is 0 Å². The summed E-state index contributed by atoms with van der Waals surface area (Å²) in [6.45, 7) is 3.78. The second-order valence-electron chi connectivity index (χ2n) is 4.56. The SMILES string of the molecule is CCc1ccc([N+](=O)[O-])cc1S(=O)(=O)N1CCNCC1.Cl. The number of nitrogens with zero attached hydrogens (tertiary/aromatic N) is 2. The van der Waals surface area contributed by atoms with Gasteiger partial charge >= 0.3 is 0 Å². The molecule has 7 nitrogen and oxygen atoms in total. The zero-order valence-corrected chi connectivity index (χ0v) is 13.2. The second kappa shape index (κ2) is 7.17. The number of halogens is 1. The molecule has 21 heavy (non-hydrogen) atoms. The van der Waals surface area contributed by atoms with Crippen molar-refractivity contribution in [3.63, 3.8) is 0 Å². The summed E-state index contributed by atoms with van der Waals surface area (Å²) in [4.78, 5) is 10.3. The van der Waals surface area contributed by atoms with Crippen LogP contribution >= 0.6 is 12.4 Å². The van der Waals surface area contributed by atoms with Gasteiger partial charge in [-0.3, -0.25) is 10.1 Å². The van der Waals surface area contributed by atoms with Gasteiger partial charge in [-0.1, -0.05) is 13.0 Å². The predicted molar refractivity (Wildman–Crippen MR) is 81.4 cm³/mol. The van der Waals surface area contributed by atoms with Gasteiger partial charge < -0.3 is 5.32 Å². The lowest BCUT2D eigenvalue weighted by atomic mass is 10.1. The van der Waals surface area contributed by atoms with E-state index in [1.54, 1.807) is 0 Å². The number of aryl methyl sites for hydroxylation is 1. The smallest absolute Gasteiger partial charge is 0.270 e. The van der Waals surface area contributed by atoms with E-state index >= 15 is 0 Å². The summed E-state index contributed by atoms with van der Waals surface area (Å²) in [7, 11) is -3.67. The molecule has 1 aromatic carbocycles. The maximum atomic E-state index is 12.6. The van der Waals surface area contributed by atoms with Crippen molar-refractivity contribution in [3.05, 3.63) is 33.9 Å². The van der Waals surface area contributed by atoms with Gasteiger partial charge in [0.15, 0.2) is 0 Å². The van der Waals surface area contributed by atoms with E-state index in [1.165, 1.54) is 16.4 Å². The maximum Gasteiger partial charge on any atom is 0.270 e. The first-order valence-corrected chi connectivity index (χ1v) is 7.89. The first-order valence-electron chi connectivity index (χ1n) is 6.45. The Morgan fingerprint density at radius 1 is 1.33 bits per heavy atom. The highest BCUT2D eigenvalue weighted by Gasteiger charge is 2.29. The molecule has 118 valence electrons. The van der Waals surface area contributed by atoms with Crippen molar-refractivity contribution in [2.75, 3.05) is 26.2 Å². The lowest BCUT2D eigenvalue weighted by Crippen LogP contribution is -2.46. The third kappa shape index (κ3) is 3.70. The van der Waals surface area contributed by atoms with Crippen LogP contribution in [0.3, 0.4) is 0 Å². The number of rotatable bonds is 4. The minimum atomic E-state index is -3.67. The summed E-state index contributed by atoms with van der Waals surface area (Å²) < 4.78 is 26.6. The molecular weight excluding hydrogens is 318 g/mol. The Labute approximate surface area is 129 Å². The monoisotopic (exact) mass is 335 g/mol. The number of piperazine rings is 1. The molecule has 0 saturated carbocycles. The number of nitrogens with one attached hydrogen (secondary N) is 1. The van der Waals surface area contributed by atoms with E-state index in [-0.39, 0.29) is 23.0 Å². The molecule has 1 aromatic rings. The van der Waals surface area contributed by atoms with Crippen LogP contribution in [0, 0.1) is 10.1 Å². The Kier molecular flexibility index (Phi) is 6.09. The molecule has 1 saturated heterocycles. The molecule has 0 spiro atoms. The topological polar surface area (TPSA) is 92.5 Å². The molecule has 1 aliphatic heterocycles. The number of sulfonamides is 1. The number of nitro groups is 1. The van der Waals surface area contributed by atoms with Crippen LogP contribution in [-0.4, -0.2) is 43.8 Å². The summed E-state index contributed by atoms with van der Waals surface area (Å²) in [5, 5.41) is 13.9. The predicted octanol–water partition coefficient (Wildman–Crippen LogP) is 1.17. The van der Waals surface area contributed by atoms with Crippen LogP contribution in [0.25, 0.3) is 0 Å². The summed E-state index contributed by atoms with van der Waals surface area (Å²) in [5.74, 6) is 0. The lowest BCUT2D eigenvalue weighted by Gasteiger charge is -2.27. The Morgan fingerprint density at radius 3 is 2.48 bits per heavy atom. The van der Waals surface area contributed by atoms with Gasteiger partial charge in [-0.25, -0.2) is 8.42 Å².